The van der Waals surface area contributed by atoms with Crippen molar-refractivity contribution in [2.75, 3.05) is 41.7 Å². The molecule has 0 radical (unpaired) electrons. The Morgan fingerprint density at radius 3 is 2.83 bits per heavy atom. The van der Waals surface area contributed by atoms with Gasteiger partial charge >= 0.3 is 0 Å². The number of nitrogens with zero attached hydrogens (tertiary/aromatic N) is 6. The van der Waals surface area contributed by atoms with Gasteiger partial charge in [0, 0.05) is 50.4 Å². The van der Waals surface area contributed by atoms with E-state index in [-0.39, 0.29) is 18.1 Å². The van der Waals surface area contributed by atoms with E-state index in [9.17, 15) is 4.79 Å². The third kappa shape index (κ3) is 6.78. The van der Waals surface area contributed by atoms with Crippen LogP contribution in [0.5, 0.6) is 5.75 Å². The molecule has 4 heterocycles. The summed E-state index contributed by atoms with van der Waals surface area (Å²) >= 11 is 1.39. The van der Waals surface area contributed by atoms with Gasteiger partial charge in [0.25, 0.3) is 0 Å². The number of ether oxygens (including phenoxy) is 1. The summed E-state index contributed by atoms with van der Waals surface area (Å²) in [5, 5.41) is 24.4. The van der Waals surface area contributed by atoms with E-state index in [1.54, 1.807) is 6.20 Å². The molecular weight excluding hydrogens is 536 g/mol. The normalized spacial score (nSPS) is 24.1. The van der Waals surface area contributed by atoms with Crippen LogP contribution in [0.2, 0.25) is 0 Å². The topological polar surface area (TPSA) is 108 Å². The van der Waals surface area contributed by atoms with E-state index in [2.05, 4.69) is 79.8 Å². The number of aryl methyl sites for hydroxylation is 1. The van der Waals surface area contributed by atoms with Crippen molar-refractivity contribution in [2.45, 2.75) is 71.6 Å². The van der Waals surface area contributed by atoms with Gasteiger partial charge in [-0.05, 0) is 88.1 Å². The summed E-state index contributed by atoms with van der Waals surface area (Å²) in [7, 11) is 0. The highest BCUT2D eigenvalue weighted by Gasteiger charge is 2.48. The van der Waals surface area contributed by atoms with Gasteiger partial charge in [-0.3, -0.25) is 9.69 Å². The molecule has 3 fully saturated rings. The molecule has 3 aromatic rings. The Labute approximate surface area is 245 Å². The van der Waals surface area contributed by atoms with Gasteiger partial charge in [-0.1, -0.05) is 23.5 Å². The first kappa shape index (κ1) is 27.8. The summed E-state index contributed by atoms with van der Waals surface area (Å²) in [6.07, 6.45) is 6.82. The van der Waals surface area contributed by atoms with Gasteiger partial charge in [-0.15, -0.1) is 15.3 Å². The van der Waals surface area contributed by atoms with Crippen LogP contribution < -0.4 is 20.3 Å². The summed E-state index contributed by atoms with van der Waals surface area (Å²) in [6.45, 7) is 11.1. The molecule has 1 atom stereocenters. The van der Waals surface area contributed by atoms with Crippen molar-refractivity contribution in [2.24, 2.45) is 11.3 Å². The van der Waals surface area contributed by atoms with Crippen LogP contribution >= 0.6 is 11.3 Å². The van der Waals surface area contributed by atoms with E-state index in [4.69, 9.17) is 4.74 Å². The second-order valence-corrected chi connectivity index (χ2v) is 13.3. The Morgan fingerprint density at radius 1 is 1.17 bits per heavy atom. The maximum atomic E-state index is 12.8. The molecule has 1 aromatic carbocycles. The fourth-order valence-corrected chi connectivity index (χ4v) is 7.43. The predicted octanol–water partition coefficient (Wildman–Crippen LogP) is 4.75. The monoisotopic (exact) mass is 576 g/mol. The molecule has 41 heavy (non-hydrogen) atoms. The highest BCUT2D eigenvalue weighted by Crippen LogP contribution is 2.53. The average Bonchev–Trinajstić information content (AvgIpc) is 3.67. The van der Waals surface area contributed by atoms with E-state index in [1.165, 1.54) is 28.9 Å². The fourth-order valence-electron chi connectivity index (χ4n) is 6.69. The van der Waals surface area contributed by atoms with Crippen LogP contribution in [-0.2, 0) is 11.3 Å². The number of hydrogen-bond acceptors (Lipinski definition) is 10. The highest BCUT2D eigenvalue weighted by atomic mass is 32.1. The van der Waals surface area contributed by atoms with E-state index < -0.39 is 0 Å². The van der Waals surface area contributed by atoms with E-state index >= 15 is 0 Å². The minimum absolute atomic E-state index is 0.0345. The third-order valence-electron chi connectivity index (χ3n) is 8.48. The van der Waals surface area contributed by atoms with Crippen molar-refractivity contribution >= 4 is 33.3 Å². The Bertz CT molecular complexity index is 1340. The number of amides is 1. The number of benzene rings is 1. The minimum atomic E-state index is 0.0345. The maximum Gasteiger partial charge on any atom is 0.226 e. The van der Waals surface area contributed by atoms with Crippen LogP contribution in [-0.4, -0.2) is 69.5 Å². The lowest BCUT2D eigenvalue weighted by Crippen LogP contribution is -2.41. The van der Waals surface area contributed by atoms with Crippen LogP contribution in [0.25, 0.3) is 0 Å². The van der Waals surface area contributed by atoms with Crippen molar-refractivity contribution in [3.63, 3.8) is 0 Å². The first-order valence-corrected chi connectivity index (χ1v) is 15.6. The number of hydrogen-bond donors (Lipinski definition) is 2. The largest absolute Gasteiger partial charge is 0.491 e. The second kappa shape index (κ2) is 11.9. The fraction of sp³-hybridized carbons (Fsp3) is 0.567. The first-order valence-electron chi connectivity index (χ1n) is 14.7. The van der Waals surface area contributed by atoms with E-state index in [0.717, 1.165) is 68.7 Å². The van der Waals surface area contributed by atoms with E-state index in [1.807, 2.05) is 12.1 Å². The number of likely N-dealkylation sites (tertiary alicyclic amines) is 1. The lowest BCUT2D eigenvalue weighted by molar-refractivity contribution is -0.118. The summed E-state index contributed by atoms with van der Waals surface area (Å²) in [6, 6.07) is 10.7. The minimum Gasteiger partial charge on any atom is -0.491 e. The predicted molar refractivity (Wildman–Crippen MR) is 161 cm³/mol. The van der Waals surface area contributed by atoms with Crippen molar-refractivity contribution in [3.8, 4) is 5.75 Å². The number of rotatable bonds is 10. The third-order valence-corrected chi connectivity index (χ3v) is 9.25. The van der Waals surface area contributed by atoms with Crippen LogP contribution in [0.3, 0.4) is 0 Å². The number of anilines is 3. The molecular formula is C30H40N8O2S. The molecule has 3 aliphatic rings. The molecule has 1 spiro atoms. The quantitative estimate of drug-likeness (QED) is 0.354. The van der Waals surface area contributed by atoms with Crippen LogP contribution in [0.15, 0.2) is 36.5 Å². The molecule has 0 unspecified atom stereocenters. The molecule has 6 rings (SSSR count). The maximum absolute atomic E-state index is 12.8. The van der Waals surface area contributed by atoms with Gasteiger partial charge in [0.05, 0.1) is 6.10 Å². The number of carbonyl (C=O) groups is 1. The standard InChI is InChI=1S/C30H40N8O2S/c1-20(2)40-25-13-21(3)6-7-23(25)17-37-12-9-30(19-37)15-22(16-30)14-27(39)33-29-36-35-28(41-29)32-24-8-11-38(18-24)26-5-4-10-31-34-26/h4-7,10,13,20,22,24H,8-9,11-12,14-19H2,1-3H3,(H,32,35)(H,33,36,39)/t22?,24-,30?/m1/s1. The van der Waals surface area contributed by atoms with Gasteiger partial charge in [0.15, 0.2) is 5.82 Å². The summed E-state index contributed by atoms with van der Waals surface area (Å²) in [5.41, 5.74) is 2.84. The SMILES string of the molecule is Cc1ccc(CN2CCC3(CC(CC(=O)Nc4nnc(N[C@@H]5CCN(c6cccnn6)C5)s4)C3)C2)c(OC(C)C)c1. The van der Waals surface area contributed by atoms with E-state index in [0.29, 0.717) is 22.9 Å². The molecule has 1 amide bonds. The van der Waals surface area contributed by atoms with Gasteiger partial charge in [0.1, 0.15) is 5.75 Å². The van der Waals surface area contributed by atoms with Crippen molar-refractivity contribution in [1.82, 2.24) is 25.3 Å². The van der Waals surface area contributed by atoms with Crippen LogP contribution in [0.4, 0.5) is 16.1 Å². The molecule has 0 bridgehead atoms. The Balaban J connectivity index is 0.932. The molecule has 2 saturated heterocycles. The van der Waals surface area contributed by atoms with Crippen molar-refractivity contribution in [3.05, 3.63) is 47.7 Å². The number of nitrogens with one attached hydrogen (secondary N) is 2. The average molecular weight is 577 g/mol. The lowest BCUT2D eigenvalue weighted by Gasteiger charge is -2.45. The smallest absolute Gasteiger partial charge is 0.226 e. The zero-order valence-electron chi connectivity index (χ0n) is 24.2. The summed E-state index contributed by atoms with van der Waals surface area (Å²) < 4.78 is 6.10. The van der Waals surface area contributed by atoms with Crippen molar-refractivity contribution < 1.29 is 9.53 Å². The summed E-state index contributed by atoms with van der Waals surface area (Å²) in [4.78, 5) is 17.6. The molecule has 218 valence electrons. The Hall–Kier alpha value is -3.31. The van der Waals surface area contributed by atoms with Crippen LogP contribution in [0.1, 0.15) is 57.1 Å². The molecule has 2 aromatic heterocycles. The van der Waals surface area contributed by atoms with Crippen LogP contribution in [0, 0.1) is 18.3 Å². The number of aromatic nitrogens is 4. The van der Waals surface area contributed by atoms with Gasteiger partial charge < -0.3 is 20.3 Å². The molecule has 1 aliphatic carbocycles. The Morgan fingerprint density at radius 2 is 2.02 bits per heavy atom. The van der Waals surface area contributed by atoms with Gasteiger partial charge in [-0.25, -0.2) is 0 Å². The van der Waals surface area contributed by atoms with Gasteiger partial charge in [0.2, 0.25) is 16.2 Å². The molecule has 2 aliphatic heterocycles. The molecule has 10 nitrogen and oxygen atoms in total. The Kier molecular flexibility index (Phi) is 8.07. The lowest BCUT2D eigenvalue weighted by atomic mass is 9.60. The zero-order valence-corrected chi connectivity index (χ0v) is 25.0. The molecule has 11 heteroatoms. The highest BCUT2D eigenvalue weighted by molar-refractivity contribution is 7.19. The first-order chi connectivity index (χ1) is 19.8. The van der Waals surface area contributed by atoms with Crippen molar-refractivity contribution in [1.29, 1.82) is 0 Å². The second-order valence-electron chi connectivity index (χ2n) is 12.3. The number of carbonyl (C=O) groups excluding carboxylic acids is 1. The van der Waals surface area contributed by atoms with Gasteiger partial charge in [-0.2, -0.15) is 5.10 Å². The molecule has 2 N–H and O–H groups in total. The summed E-state index contributed by atoms with van der Waals surface area (Å²) in [5.74, 6) is 2.37. The molecule has 1 saturated carbocycles. The zero-order chi connectivity index (χ0) is 28.4.